The maximum absolute atomic E-state index is 6.17. The van der Waals surface area contributed by atoms with Crippen LogP contribution in [0.15, 0.2) is 54.6 Å². The number of hydrogen-bond donors (Lipinski definition) is 0. The van der Waals surface area contributed by atoms with E-state index in [-0.39, 0.29) is 12.3 Å². The molecule has 4 rings (SSSR count). The summed E-state index contributed by atoms with van der Waals surface area (Å²) in [5.74, 6) is -0.600. The lowest BCUT2D eigenvalue weighted by atomic mass is 10.2. The molecule has 1 saturated heterocycles. The Hall–Kier alpha value is -2.44. The molecule has 130 valence electrons. The number of benzene rings is 2. The average Bonchev–Trinajstić information content (AvgIpc) is 3.20. The molecule has 2 heterocycles. The molecule has 1 aliphatic rings. The molecule has 6 heteroatoms. The highest BCUT2D eigenvalue weighted by molar-refractivity contribution is 5.74. The van der Waals surface area contributed by atoms with E-state index in [1.165, 1.54) is 0 Å². The molecule has 2 aromatic carbocycles. The van der Waals surface area contributed by atoms with Crippen LogP contribution in [0.1, 0.15) is 20.0 Å². The Morgan fingerprint density at radius 2 is 1.84 bits per heavy atom. The van der Waals surface area contributed by atoms with Crippen LogP contribution in [0.25, 0.3) is 11.0 Å². The van der Waals surface area contributed by atoms with Gasteiger partial charge in [-0.3, -0.25) is 0 Å². The summed E-state index contributed by atoms with van der Waals surface area (Å²) in [7, 11) is 2.05. The molecular formula is C19H22N4O2. The van der Waals surface area contributed by atoms with Crippen LogP contribution in [-0.4, -0.2) is 40.5 Å². The first kappa shape index (κ1) is 16.1. The van der Waals surface area contributed by atoms with Crippen molar-refractivity contribution >= 4 is 16.7 Å². The van der Waals surface area contributed by atoms with Gasteiger partial charge in [-0.15, -0.1) is 5.10 Å². The van der Waals surface area contributed by atoms with Crippen molar-refractivity contribution in [3.8, 4) is 0 Å². The molecule has 0 aliphatic carbocycles. The van der Waals surface area contributed by atoms with E-state index in [1.54, 1.807) is 0 Å². The van der Waals surface area contributed by atoms with E-state index < -0.39 is 5.79 Å². The van der Waals surface area contributed by atoms with Gasteiger partial charge in [-0.25, -0.2) is 4.68 Å². The SMILES string of the molecule is CN(c1ccccc1)C([C@H]1COC(C)(C)O1)n1nnc2ccccc21. The fraction of sp³-hybridized carbons (Fsp3) is 0.368. The molecule has 25 heavy (non-hydrogen) atoms. The summed E-state index contributed by atoms with van der Waals surface area (Å²) in [5, 5.41) is 8.74. The molecule has 0 N–H and O–H groups in total. The van der Waals surface area contributed by atoms with Gasteiger partial charge in [0.1, 0.15) is 11.6 Å². The second-order valence-corrected chi connectivity index (χ2v) is 6.75. The molecule has 6 nitrogen and oxygen atoms in total. The Bertz CT molecular complexity index is 862. The van der Waals surface area contributed by atoms with Gasteiger partial charge in [-0.2, -0.15) is 0 Å². The van der Waals surface area contributed by atoms with Crippen molar-refractivity contribution in [1.82, 2.24) is 15.0 Å². The van der Waals surface area contributed by atoms with E-state index in [0.29, 0.717) is 6.61 Å². The van der Waals surface area contributed by atoms with Crippen LogP contribution in [0.2, 0.25) is 0 Å². The van der Waals surface area contributed by atoms with E-state index in [2.05, 4.69) is 27.3 Å². The first-order valence-electron chi connectivity index (χ1n) is 8.45. The summed E-state index contributed by atoms with van der Waals surface area (Å²) in [6, 6.07) is 18.2. The molecule has 1 fully saturated rings. The molecular weight excluding hydrogens is 316 g/mol. The number of aromatic nitrogens is 3. The zero-order chi connectivity index (χ0) is 17.4. The van der Waals surface area contributed by atoms with Crippen LogP contribution >= 0.6 is 0 Å². The van der Waals surface area contributed by atoms with Crippen LogP contribution in [0.3, 0.4) is 0 Å². The number of nitrogens with zero attached hydrogens (tertiary/aromatic N) is 4. The zero-order valence-electron chi connectivity index (χ0n) is 14.7. The Balaban J connectivity index is 1.79. The molecule has 0 amide bonds. The molecule has 2 atom stereocenters. The number of para-hydroxylation sites is 2. The van der Waals surface area contributed by atoms with E-state index >= 15 is 0 Å². The smallest absolute Gasteiger partial charge is 0.163 e. The fourth-order valence-electron chi connectivity index (χ4n) is 3.33. The van der Waals surface area contributed by atoms with Crippen LogP contribution < -0.4 is 4.90 Å². The number of likely N-dealkylation sites (N-methyl/N-ethyl adjacent to an activating group) is 1. The number of ether oxygens (including phenoxy) is 2. The van der Waals surface area contributed by atoms with Gasteiger partial charge < -0.3 is 14.4 Å². The molecule has 1 aromatic heterocycles. The number of fused-ring (bicyclic) bond motifs is 1. The van der Waals surface area contributed by atoms with Crippen LogP contribution in [0.5, 0.6) is 0 Å². The van der Waals surface area contributed by atoms with Gasteiger partial charge in [-0.1, -0.05) is 35.5 Å². The summed E-state index contributed by atoms with van der Waals surface area (Å²) >= 11 is 0. The summed E-state index contributed by atoms with van der Waals surface area (Å²) in [6.45, 7) is 4.38. The monoisotopic (exact) mass is 338 g/mol. The number of anilines is 1. The topological polar surface area (TPSA) is 52.4 Å². The minimum Gasteiger partial charge on any atom is -0.351 e. The average molecular weight is 338 g/mol. The quantitative estimate of drug-likeness (QED) is 0.731. The van der Waals surface area contributed by atoms with E-state index in [1.807, 2.05) is 68.0 Å². The van der Waals surface area contributed by atoms with Gasteiger partial charge in [0.15, 0.2) is 12.0 Å². The second kappa shape index (κ2) is 6.13. The maximum Gasteiger partial charge on any atom is 0.163 e. The Morgan fingerprint density at radius 1 is 1.12 bits per heavy atom. The standard InChI is InChI=1S/C19H22N4O2/c1-19(2)24-13-17(25-19)18(22(3)14-9-5-4-6-10-14)23-16-12-8-7-11-15(16)20-21-23/h4-12,17-18H,13H2,1-3H3/t17-,18?/m1/s1. The number of hydrogen-bond acceptors (Lipinski definition) is 5. The molecule has 1 aliphatic heterocycles. The van der Waals surface area contributed by atoms with Crippen LogP contribution in [-0.2, 0) is 9.47 Å². The minimum absolute atomic E-state index is 0.162. The first-order chi connectivity index (χ1) is 12.1. The first-order valence-corrected chi connectivity index (χ1v) is 8.45. The predicted molar refractivity (Wildman–Crippen MR) is 96.3 cm³/mol. The Kier molecular flexibility index (Phi) is 3.94. The summed E-state index contributed by atoms with van der Waals surface area (Å²) < 4.78 is 13.9. The summed E-state index contributed by atoms with van der Waals surface area (Å²) in [6.07, 6.45) is -0.332. The summed E-state index contributed by atoms with van der Waals surface area (Å²) in [4.78, 5) is 2.16. The van der Waals surface area contributed by atoms with Crippen molar-refractivity contribution in [2.24, 2.45) is 0 Å². The molecule has 1 unspecified atom stereocenters. The van der Waals surface area contributed by atoms with Crippen molar-refractivity contribution in [3.05, 3.63) is 54.6 Å². The lowest BCUT2D eigenvalue weighted by Crippen LogP contribution is -2.40. The van der Waals surface area contributed by atoms with Gasteiger partial charge in [0.2, 0.25) is 0 Å². The highest BCUT2D eigenvalue weighted by Gasteiger charge is 2.41. The molecule has 0 saturated carbocycles. The fourth-order valence-corrected chi connectivity index (χ4v) is 3.33. The summed E-state index contributed by atoms with van der Waals surface area (Å²) in [5.41, 5.74) is 2.93. The minimum atomic E-state index is -0.600. The van der Waals surface area contributed by atoms with E-state index in [0.717, 1.165) is 16.7 Å². The highest BCUT2D eigenvalue weighted by atomic mass is 16.7. The zero-order valence-corrected chi connectivity index (χ0v) is 14.7. The van der Waals surface area contributed by atoms with Crippen molar-refractivity contribution < 1.29 is 9.47 Å². The van der Waals surface area contributed by atoms with Crippen LogP contribution in [0.4, 0.5) is 5.69 Å². The molecule has 0 spiro atoms. The third-order valence-corrected chi connectivity index (χ3v) is 4.55. The van der Waals surface area contributed by atoms with Gasteiger partial charge in [0.05, 0.1) is 12.1 Å². The van der Waals surface area contributed by atoms with E-state index in [4.69, 9.17) is 9.47 Å². The van der Waals surface area contributed by atoms with Gasteiger partial charge in [-0.05, 0) is 38.1 Å². The second-order valence-electron chi connectivity index (χ2n) is 6.75. The van der Waals surface area contributed by atoms with Crippen molar-refractivity contribution in [1.29, 1.82) is 0 Å². The third-order valence-electron chi connectivity index (χ3n) is 4.55. The van der Waals surface area contributed by atoms with Crippen LogP contribution in [0, 0.1) is 0 Å². The lowest BCUT2D eigenvalue weighted by molar-refractivity contribution is -0.143. The Labute approximate surface area is 147 Å². The van der Waals surface area contributed by atoms with Crippen molar-refractivity contribution in [2.45, 2.75) is 31.9 Å². The maximum atomic E-state index is 6.17. The molecule has 0 radical (unpaired) electrons. The Morgan fingerprint density at radius 3 is 2.56 bits per heavy atom. The van der Waals surface area contributed by atoms with E-state index in [9.17, 15) is 0 Å². The van der Waals surface area contributed by atoms with Crippen molar-refractivity contribution in [2.75, 3.05) is 18.6 Å². The number of rotatable bonds is 4. The van der Waals surface area contributed by atoms with Gasteiger partial charge >= 0.3 is 0 Å². The molecule has 3 aromatic rings. The normalized spacial score (nSPS) is 20.7. The highest BCUT2D eigenvalue weighted by Crippen LogP contribution is 2.34. The molecule has 0 bridgehead atoms. The lowest BCUT2D eigenvalue weighted by Gasteiger charge is -2.34. The predicted octanol–water partition coefficient (Wildman–Crippen LogP) is 3.22. The third kappa shape index (κ3) is 2.99. The van der Waals surface area contributed by atoms with Crippen molar-refractivity contribution in [3.63, 3.8) is 0 Å². The van der Waals surface area contributed by atoms with Gasteiger partial charge in [0.25, 0.3) is 0 Å². The van der Waals surface area contributed by atoms with Gasteiger partial charge in [0, 0.05) is 12.7 Å². The largest absolute Gasteiger partial charge is 0.351 e.